The number of hydrogen-bond donors (Lipinski definition) is 3. The number of benzene rings is 1. The average molecular weight is 303 g/mol. The third-order valence-electron chi connectivity index (χ3n) is 2.51. The van der Waals surface area contributed by atoms with E-state index in [2.05, 4.69) is 0 Å². The van der Waals surface area contributed by atoms with Crippen molar-refractivity contribution in [3.8, 4) is 5.75 Å². The summed E-state index contributed by atoms with van der Waals surface area (Å²) in [5, 5.41) is 8.69. The summed E-state index contributed by atoms with van der Waals surface area (Å²) in [5.74, 6) is -0.873. The van der Waals surface area contributed by atoms with Crippen molar-refractivity contribution in [2.75, 3.05) is 12.4 Å². The smallest absolute Gasteiger partial charge is 0.320 e. The number of ether oxygens (including phenoxy) is 1. The second kappa shape index (κ2) is 7.22. The van der Waals surface area contributed by atoms with Gasteiger partial charge in [-0.15, -0.1) is 0 Å². The number of carbonyl (C=O) groups is 1. The predicted octanol–water partition coefficient (Wildman–Crippen LogP) is 0.298. The number of carboxylic acid groups (broad SMARTS) is 1. The summed E-state index contributed by atoms with van der Waals surface area (Å²) in [6, 6.07) is 5.74. The first-order valence-electron chi connectivity index (χ1n) is 5.93. The summed E-state index contributed by atoms with van der Waals surface area (Å²) in [6.45, 7) is 0.160. The van der Waals surface area contributed by atoms with Gasteiger partial charge in [-0.05, 0) is 30.5 Å². The average Bonchev–Trinajstić information content (AvgIpc) is 2.35. The van der Waals surface area contributed by atoms with Gasteiger partial charge >= 0.3 is 5.97 Å². The van der Waals surface area contributed by atoms with Gasteiger partial charge in [-0.1, -0.05) is 12.1 Å². The molecule has 4 N–H and O–H groups in total. The molecule has 0 bridgehead atoms. The molecule has 0 saturated carbocycles. The highest BCUT2D eigenvalue weighted by Crippen LogP contribution is 2.13. The van der Waals surface area contributed by atoms with E-state index in [9.17, 15) is 13.2 Å². The van der Waals surface area contributed by atoms with E-state index in [0.29, 0.717) is 5.75 Å². The molecule has 0 fully saturated rings. The Balaban J connectivity index is 2.41. The van der Waals surface area contributed by atoms with Gasteiger partial charge < -0.3 is 15.6 Å². The van der Waals surface area contributed by atoms with Gasteiger partial charge in [0.2, 0.25) is 0 Å². The molecule has 1 aromatic rings. The topological polar surface area (TPSA) is 127 Å². The van der Waals surface area contributed by atoms with Crippen LogP contribution < -0.4 is 10.5 Å². The molecule has 1 atom stereocenters. The fourth-order valence-electron chi connectivity index (χ4n) is 1.49. The van der Waals surface area contributed by atoms with Crippen LogP contribution in [0.1, 0.15) is 12.0 Å². The Morgan fingerprint density at radius 1 is 1.30 bits per heavy atom. The molecular formula is C12H17NO6S. The van der Waals surface area contributed by atoms with Crippen molar-refractivity contribution in [3.63, 3.8) is 0 Å². The number of rotatable bonds is 8. The van der Waals surface area contributed by atoms with E-state index < -0.39 is 22.1 Å². The molecule has 20 heavy (non-hydrogen) atoms. The van der Waals surface area contributed by atoms with E-state index >= 15 is 0 Å². The van der Waals surface area contributed by atoms with Gasteiger partial charge in [-0.3, -0.25) is 9.35 Å². The molecule has 0 aliphatic heterocycles. The molecular weight excluding hydrogens is 286 g/mol. The summed E-state index contributed by atoms with van der Waals surface area (Å²) in [5.41, 5.74) is 6.18. The molecule has 0 amide bonds. The van der Waals surface area contributed by atoms with Crippen molar-refractivity contribution < 1.29 is 27.6 Å². The predicted molar refractivity (Wildman–Crippen MR) is 72.3 cm³/mol. The third kappa shape index (κ3) is 6.50. The molecule has 0 aromatic heterocycles. The Labute approximate surface area is 117 Å². The minimum atomic E-state index is -3.96. The quantitative estimate of drug-likeness (QED) is 0.465. The fraction of sp³-hybridized carbons (Fsp3) is 0.417. The lowest BCUT2D eigenvalue weighted by molar-refractivity contribution is -0.138. The minimum Gasteiger partial charge on any atom is -0.494 e. The van der Waals surface area contributed by atoms with Crippen LogP contribution in [-0.2, 0) is 21.3 Å². The second-order valence-electron chi connectivity index (χ2n) is 4.28. The highest BCUT2D eigenvalue weighted by molar-refractivity contribution is 7.85. The molecule has 0 aliphatic rings. The van der Waals surface area contributed by atoms with Crippen molar-refractivity contribution in [3.05, 3.63) is 29.8 Å². The van der Waals surface area contributed by atoms with Crippen molar-refractivity contribution in [1.82, 2.24) is 0 Å². The Bertz CT molecular complexity index is 540. The van der Waals surface area contributed by atoms with Crippen molar-refractivity contribution in [2.45, 2.75) is 18.9 Å². The summed E-state index contributed by atoms with van der Waals surface area (Å²) >= 11 is 0. The Morgan fingerprint density at radius 3 is 2.40 bits per heavy atom. The maximum absolute atomic E-state index is 10.6. The van der Waals surface area contributed by atoms with E-state index in [0.717, 1.165) is 5.56 Å². The van der Waals surface area contributed by atoms with E-state index in [-0.39, 0.29) is 25.2 Å². The van der Waals surface area contributed by atoms with Gasteiger partial charge in [0.1, 0.15) is 11.8 Å². The van der Waals surface area contributed by atoms with Crippen LogP contribution >= 0.6 is 0 Å². The molecule has 0 heterocycles. The van der Waals surface area contributed by atoms with Crippen LogP contribution in [0.25, 0.3) is 0 Å². The number of nitrogens with two attached hydrogens (primary N) is 1. The number of hydrogen-bond acceptors (Lipinski definition) is 5. The Morgan fingerprint density at radius 2 is 1.90 bits per heavy atom. The largest absolute Gasteiger partial charge is 0.494 e. The van der Waals surface area contributed by atoms with Crippen molar-refractivity contribution in [1.29, 1.82) is 0 Å². The second-order valence-corrected chi connectivity index (χ2v) is 5.85. The molecule has 7 nitrogen and oxygen atoms in total. The fourth-order valence-corrected chi connectivity index (χ4v) is 1.98. The van der Waals surface area contributed by atoms with Gasteiger partial charge in [-0.2, -0.15) is 8.42 Å². The number of carboxylic acids is 1. The molecule has 112 valence electrons. The molecule has 1 rings (SSSR count). The van der Waals surface area contributed by atoms with Gasteiger partial charge in [0, 0.05) is 0 Å². The van der Waals surface area contributed by atoms with Crippen LogP contribution in [-0.4, -0.2) is 42.4 Å². The maximum Gasteiger partial charge on any atom is 0.320 e. The zero-order valence-electron chi connectivity index (χ0n) is 10.7. The maximum atomic E-state index is 10.6. The first-order chi connectivity index (χ1) is 9.28. The molecule has 1 aromatic carbocycles. The zero-order valence-corrected chi connectivity index (χ0v) is 11.5. The van der Waals surface area contributed by atoms with Crippen molar-refractivity contribution >= 4 is 16.1 Å². The van der Waals surface area contributed by atoms with Gasteiger partial charge in [-0.25, -0.2) is 0 Å². The molecule has 0 unspecified atom stereocenters. The molecule has 0 spiro atoms. The number of aliphatic carboxylic acids is 1. The van der Waals surface area contributed by atoms with Gasteiger partial charge in [0.15, 0.2) is 0 Å². The summed E-state index contributed by atoms with van der Waals surface area (Å²) < 4.78 is 34.8. The summed E-state index contributed by atoms with van der Waals surface area (Å²) in [4.78, 5) is 10.6. The normalized spacial score (nSPS) is 12.9. The van der Waals surface area contributed by atoms with Crippen molar-refractivity contribution in [2.24, 2.45) is 5.73 Å². The Kier molecular flexibility index (Phi) is 5.93. The molecule has 0 radical (unpaired) electrons. The molecule has 0 saturated heterocycles. The van der Waals surface area contributed by atoms with E-state index in [4.69, 9.17) is 20.1 Å². The lowest BCUT2D eigenvalue weighted by Crippen LogP contribution is -2.32. The van der Waals surface area contributed by atoms with E-state index in [1.165, 1.54) is 0 Å². The zero-order chi connectivity index (χ0) is 15.2. The van der Waals surface area contributed by atoms with Gasteiger partial charge in [0.25, 0.3) is 10.1 Å². The molecule has 0 aliphatic carbocycles. The highest BCUT2D eigenvalue weighted by atomic mass is 32.2. The van der Waals surface area contributed by atoms with Gasteiger partial charge in [0.05, 0.1) is 12.4 Å². The van der Waals surface area contributed by atoms with Crippen LogP contribution in [0.15, 0.2) is 24.3 Å². The third-order valence-corrected chi connectivity index (χ3v) is 3.32. The monoisotopic (exact) mass is 303 g/mol. The lowest BCUT2D eigenvalue weighted by Gasteiger charge is -2.08. The standard InChI is InChI=1S/C12H17NO6S/c13-11(12(14)15)8-9-2-4-10(5-3-9)19-6-1-7-20(16,17)18/h2-5,11H,1,6-8,13H2,(H,14,15)(H,16,17,18)/t11-/m0/s1. The van der Waals surface area contributed by atoms with Crippen LogP contribution in [0.5, 0.6) is 5.75 Å². The first-order valence-corrected chi connectivity index (χ1v) is 7.54. The van der Waals surface area contributed by atoms with E-state index in [1.807, 2.05) is 0 Å². The summed E-state index contributed by atoms with van der Waals surface area (Å²) in [6.07, 6.45) is 0.406. The highest BCUT2D eigenvalue weighted by Gasteiger charge is 2.11. The summed E-state index contributed by atoms with van der Waals surface area (Å²) in [7, 11) is -3.96. The van der Waals surface area contributed by atoms with Crippen LogP contribution in [0.3, 0.4) is 0 Å². The van der Waals surface area contributed by atoms with Crippen LogP contribution in [0, 0.1) is 0 Å². The Hall–Kier alpha value is -1.64. The van der Waals surface area contributed by atoms with Crippen LogP contribution in [0.2, 0.25) is 0 Å². The van der Waals surface area contributed by atoms with Crippen LogP contribution in [0.4, 0.5) is 0 Å². The minimum absolute atomic E-state index is 0.160. The first kappa shape index (κ1) is 16.4. The van der Waals surface area contributed by atoms with E-state index in [1.54, 1.807) is 24.3 Å². The SMILES string of the molecule is N[C@@H](Cc1ccc(OCCCS(=O)(=O)O)cc1)C(=O)O. The molecule has 8 heteroatoms. The lowest BCUT2D eigenvalue weighted by atomic mass is 10.1.